The van der Waals surface area contributed by atoms with Gasteiger partial charge in [0.1, 0.15) is 0 Å². The topological polar surface area (TPSA) is 89.3 Å². The Balaban J connectivity index is 2.34. The van der Waals surface area contributed by atoms with E-state index < -0.39 is 15.7 Å². The Morgan fingerprint density at radius 1 is 1.10 bits per heavy atom. The van der Waals surface area contributed by atoms with Crippen molar-refractivity contribution in [3.05, 3.63) is 54.1 Å². The lowest BCUT2D eigenvalue weighted by Crippen LogP contribution is -2.14. The van der Waals surface area contributed by atoms with Gasteiger partial charge in [-0.05, 0) is 30.3 Å². The summed E-state index contributed by atoms with van der Waals surface area (Å²) in [5.74, 6) is -0.409. The van der Waals surface area contributed by atoms with Crippen molar-refractivity contribution in [3.8, 4) is 0 Å². The molecule has 0 atom stereocenters. The monoisotopic (exact) mass is 290 g/mol. The number of carbonyl (C=O) groups is 1. The van der Waals surface area contributed by atoms with Crippen LogP contribution < -0.4 is 11.1 Å². The fraction of sp³-hybridized carbons (Fsp3) is 0.0714. The summed E-state index contributed by atoms with van der Waals surface area (Å²) in [5.41, 5.74) is 6.70. The molecule has 2 aromatic rings. The van der Waals surface area contributed by atoms with E-state index in [0.29, 0.717) is 11.3 Å². The van der Waals surface area contributed by atoms with Gasteiger partial charge >= 0.3 is 0 Å². The van der Waals surface area contributed by atoms with Gasteiger partial charge in [0.25, 0.3) is 5.91 Å². The summed E-state index contributed by atoms with van der Waals surface area (Å²) in [6.45, 7) is 0. The van der Waals surface area contributed by atoms with Crippen LogP contribution in [-0.2, 0) is 9.84 Å². The van der Waals surface area contributed by atoms with Crippen molar-refractivity contribution >= 4 is 27.1 Å². The van der Waals surface area contributed by atoms with Gasteiger partial charge in [0.15, 0.2) is 9.84 Å². The number of nitrogen functional groups attached to an aromatic ring is 1. The van der Waals surface area contributed by atoms with E-state index in [1.807, 2.05) is 0 Å². The van der Waals surface area contributed by atoms with Crippen LogP contribution in [0.1, 0.15) is 10.4 Å². The molecule has 0 aliphatic rings. The number of nitrogens with two attached hydrogens (primary N) is 1. The zero-order chi connectivity index (χ0) is 14.8. The molecule has 0 heterocycles. The quantitative estimate of drug-likeness (QED) is 0.845. The number of amides is 1. The number of hydrogen-bond acceptors (Lipinski definition) is 4. The van der Waals surface area contributed by atoms with Crippen molar-refractivity contribution in [3.63, 3.8) is 0 Å². The molecule has 0 aliphatic heterocycles. The van der Waals surface area contributed by atoms with E-state index in [-0.39, 0.29) is 10.6 Å². The van der Waals surface area contributed by atoms with E-state index >= 15 is 0 Å². The Hall–Kier alpha value is -2.34. The highest BCUT2D eigenvalue weighted by Gasteiger charge is 2.15. The largest absolute Gasteiger partial charge is 0.399 e. The Labute approximate surface area is 117 Å². The minimum atomic E-state index is -3.41. The van der Waals surface area contributed by atoms with Crippen molar-refractivity contribution in [1.29, 1.82) is 0 Å². The molecular weight excluding hydrogens is 276 g/mol. The number of hydrogen-bond donors (Lipinski definition) is 2. The molecule has 2 rings (SSSR count). The maximum Gasteiger partial charge on any atom is 0.255 e. The number of benzene rings is 2. The second kappa shape index (κ2) is 5.34. The van der Waals surface area contributed by atoms with Crippen molar-refractivity contribution in [2.75, 3.05) is 17.3 Å². The highest BCUT2D eigenvalue weighted by atomic mass is 32.2. The molecule has 2 aromatic carbocycles. The summed E-state index contributed by atoms with van der Waals surface area (Å²) in [6.07, 6.45) is 1.10. The maximum absolute atomic E-state index is 12.1. The average molecular weight is 290 g/mol. The molecule has 0 saturated carbocycles. The molecule has 0 fully saturated rings. The Bertz CT molecular complexity index is 755. The normalized spacial score (nSPS) is 11.1. The van der Waals surface area contributed by atoms with E-state index in [1.165, 1.54) is 12.1 Å². The lowest BCUT2D eigenvalue weighted by Gasteiger charge is -2.09. The number of nitrogens with one attached hydrogen (secondary N) is 1. The molecule has 1 amide bonds. The maximum atomic E-state index is 12.1. The van der Waals surface area contributed by atoms with Crippen LogP contribution in [-0.4, -0.2) is 20.6 Å². The molecule has 0 spiro atoms. The average Bonchev–Trinajstić information content (AvgIpc) is 2.38. The molecule has 5 nitrogen and oxygen atoms in total. The molecular formula is C14H14N2O3S. The zero-order valence-electron chi connectivity index (χ0n) is 10.8. The SMILES string of the molecule is CS(=O)(=O)c1ccccc1NC(=O)c1cccc(N)c1. The predicted molar refractivity (Wildman–Crippen MR) is 78.4 cm³/mol. The molecule has 0 radical (unpaired) electrons. The van der Waals surface area contributed by atoms with Crippen molar-refractivity contribution in [2.24, 2.45) is 0 Å². The van der Waals surface area contributed by atoms with Crippen molar-refractivity contribution in [2.45, 2.75) is 4.90 Å². The number of rotatable bonds is 3. The van der Waals surface area contributed by atoms with Gasteiger partial charge in [0, 0.05) is 17.5 Å². The van der Waals surface area contributed by atoms with E-state index in [1.54, 1.807) is 36.4 Å². The highest BCUT2D eigenvalue weighted by molar-refractivity contribution is 7.90. The minimum absolute atomic E-state index is 0.0808. The number of carbonyl (C=O) groups excluding carboxylic acids is 1. The van der Waals surface area contributed by atoms with E-state index in [0.717, 1.165) is 6.26 Å². The standard InChI is InChI=1S/C14H14N2O3S/c1-20(18,19)13-8-3-2-7-12(13)16-14(17)10-5-4-6-11(15)9-10/h2-9H,15H2,1H3,(H,16,17). The lowest BCUT2D eigenvalue weighted by atomic mass is 10.2. The van der Waals surface area contributed by atoms with Crippen molar-refractivity contribution in [1.82, 2.24) is 0 Å². The molecule has 20 heavy (non-hydrogen) atoms. The molecule has 0 saturated heterocycles. The summed E-state index contributed by atoms with van der Waals surface area (Å²) < 4.78 is 23.3. The lowest BCUT2D eigenvalue weighted by molar-refractivity contribution is 0.102. The van der Waals surface area contributed by atoms with Crippen LogP contribution in [0.4, 0.5) is 11.4 Å². The first-order chi connectivity index (χ1) is 9.38. The molecule has 0 bridgehead atoms. The first kappa shape index (κ1) is 14.1. The van der Waals surface area contributed by atoms with Crippen LogP contribution in [0.15, 0.2) is 53.4 Å². The fourth-order valence-corrected chi connectivity index (χ4v) is 2.61. The molecule has 104 valence electrons. The van der Waals surface area contributed by atoms with Gasteiger partial charge in [-0.1, -0.05) is 18.2 Å². The van der Waals surface area contributed by atoms with Crippen LogP contribution >= 0.6 is 0 Å². The van der Waals surface area contributed by atoms with Gasteiger partial charge in [-0.2, -0.15) is 0 Å². The smallest absolute Gasteiger partial charge is 0.255 e. The third-order valence-electron chi connectivity index (χ3n) is 2.68. The highest BCUT2D eigenvalue weighted by Crippen LogP contribution is 2.21. The molecule has 0 aliphatic carbocycles. The van der Waals surface area contributed by atoms with E-state index in [2.05, 4.69) is 5.32 Å². The molecule has 0 aromatic heterocycles. The molecule has 6 heteroatoms. The van der Waals surface area contributed by atoms with Crippen molar-refractivity contribution < 1.29 is 13.2 Å². The Kier molecular flexibility index (Phi) is 3.76. The second-order valence-corrected chi connectivity index (χ2v) is 6.33. The predicted octanol–water partition coefficient (Wildman–Crippen LogP) is 1.92. The summed E-state index contributed by atoms with van der Waals surface area (Å²) in [6, 6.07) is 12.7. The first-order valence-electron chi connectivity index (χ1n) is 5.84. The third kappa shape index (κ3) is 3.16. The Morgan fingerprint density at radius 2 is 1.80 bits per heavy atom. The molecule has 3 N–H and O–H groups in total. The van der Waals surface area contributed by atoms with Gasteiger partial charge in [0.2, 0.25) is 0 Å². The number of para-hydroxylation sites is 1. The summed E-state index contributed by atoms with van der Waals surface area (Å²) >= 11 is 0. The fourth-order valence-electron chi connectivity index (χ4n) is 1.77. The van der Waals surface area contributed by atoms with Crippen LogP contribution in [0.25, 0.3) is 0 Å². The third-order valence-corrected chi connectivity index (χ3v) is 3.84. The van der Waals surface area contributed by atoms with Crippen LogP contribution in [0.5, 0.6) is 0 Å². The van der Waals surface area contributed by atoms with Gasteiger partial charge in [-0.25, -0.2) is 8.42 Å². The van der Waals surface area contributed by atoms with Crippen LogP contribution in [0.3, 0.4) is 0 Å². The number of sulfone groups is 1. The van der Waals surface area contributed by atoms with Gasteiger partial charge in [0.05, 0.1) is 10.6 Å². The van der Waals surface area contributed by atoms with Gasteiger partial charge in [-0.15, -0.1) is 0 Å². The minimum Gasteiger partial charge on any atom is -0.399 e. The van der Waals surface area contributed by atoms with Crippen LogP contribution in [0.2, 0.25) is 0 Å². The van der Waals surface area contributed by atoms with E-state index in [9.17, 15) is 13.2 Å². The Morgan fingerprint density at radius 3 is 2.45 bits per heavy atom. The van der Waals surface area contributed by atoms with Gasteiger partial charge in [-0.3, -0.25) is 4.79 Å². The summed E-state index contributed by atoms with van der Waals surface area (Å²) in [7, 11) is -3.41. The van der Waals surface area contributed by atoms with Gasteiger partial charge < -0.3 is 11.1 Å². The second-order valence-electron chi connectivity index (χ2n) is 4.35. The zero-order valence-corrected chi connectivity index (χ0v) is 11.6. The first-order valence-corrected chi connectivity index (χ1v) is 7.73. The summed E-state index contributed by atoms with van der Waals surface area (Å²) in [4.78, 5) is 12.2. The summed E-state index contributed by atoms with van der Waals surface area (Å²) in [5, 5.41) is 2.59. The number of anilines is 2. The van der Waals surface area contributed by atoms with E-state index in [4.69, 9.17) is 5.73 Å². The van der Waals surface area contributed by atoms with Crippen LogP contribution in [0, 0.1) is 0 Å². The molecule has 0 unspecified atom stereocenters.